The lowest BCUT2D eigenvalue weighted by Gasteiger charge is -2.41. The number of carbonyl (C=O) groups excluding carboxylic acids is 1. The van der Waals surface area contributed by atoms with Crippen LogP contribution < -0.4 is 0 Å². The van der Waals surface area contributed by atoms with Crippen LogP contribution in [0.5, 0.6) is 0 Å². The largest absolute Gasteiger partial charge is 0.465 e. The molecular formula is C23H17F17O3. The molecule has 0 saturated heterocycles. The zero-order chi connectivity index (χ0) is 34.5. The summed E-state index contributed by atoms with van der Waals surface area (Å²) in [5.41, 5.74) is 0.849. The summed E-state index contributed by atoms with van der Waals surface area (Å²) >= 11 is 0. The van der Waals surface area contributed by atoms with E-state index in [1.165, 1.54) is 5.56 Å². The smallest absolute Gasteiger partial charge is 0.460 e. The van der Waals surface area contributed by atoms with Crippen LogP contribution in [0, 0.1) is 0 Å². The van der Waals surface area contributed by atoms with Gasteiger partial charge in [-0.05, 0) is 12.5 Å². The Morgan fingerprint density at radius 2 is 1.09 bits per heavy atom. The molecule has 0 saturated carbocycles. The number of rotatable bonds is 12. The molecule has 1 rings (SSSR count). The molecule has 1 aromatic carbocycles. The van der Waals surface area contributed by atoms with Crippen LogP contribution in [-0.2, 0) is 14.3 Å². The predicted octanol–water partition coefficient (Wildman–Crippen LogP) is 8.93. The Bertz CT molecular complexity index is 1160. The van der Waals surface area contributed by atoms with E-state index in [1.54, 1.807) is 0 Å². The fourth-order valence-corrected chi connectivity index (χ4v) is 2.27. The van der Waals surface area contributed by atoms with Gasteiger partial charge in [0.1, 0.15) is 13.2 Å². The molecule has 20 heteroatoms. The van der Waals surface area contributed by atoms with E-state index in [4.69, 9.17) is 0 Å². The van der Waals surface area contributed by atoms with Gasteiger partial charge in [-0.1, -0.05) is 49.6 Å². The van der Waals surface area contributed by atoms with Gasteiger partial charge >= 0.3 is 53.7 Å². The van der Waals surface area contributed by atoms with Gasteiger partial charge in [0.25, 0.3) is 0 Å². The van der Waals surface area contributed by atoms with E-state index in [2.05, 4.69) is 22.6 Å². The third kappa shape index (κ3) is 7.73. The first kappa shape index (κ1) is 39.5. The third-order valence-corrected chi connectivity index (χ3v) is 4.70. The molecule has 246 valence electrons. The van der Waals surface area contributed by atoms with Crippen molar-refractivity contribution in [1.29, 1.82) is 0 Å². The lowest BCUT2D eigenvalue weighted by Crippen LogP contribution is -2.72. The normalized spacial score (nSPS) is 14.2. The number of hydrogen-bond acceptors (Lipinski definition) is 3. The maximum absolute atomic E-state index is 13.5. The van der Waals surface area contributed by atoms with Crippen LogP contribution in [0.15, 0.2) is 60.9 Å². The van der Waals surface area contributed by atoms with Crippen molar-refractivity contribution >= 4 is 12.0 Å². The zero-order valence-corrected chi connectivity index (χ0v) is 20.9. The molecule has 3 nitrogen and oxygen atoms in total. The molecule has 0 bridgehead atoms. The van der Waals surface area contributed by atoms with Crippen LogP contribution in [-0.4, -0.2) is 60.9 Å². The number of carbonyl (C=O) groups is 1. The molecule has 0 heterocycles. The van der Waals surface area contributed by atoms with Gasteiger partial charge in [0.2, 0.25) is 5.83 Å². The molecule has 0 unspecified atom stereocenters. The fourth-order valence-electron chi connectivity index (χ4n) is 2.27. The molecule has 0 aliphatic rings. The average Bonchev–Trinajstić information content (AvgIpc) is 2.89. The second-order valence-corrected chi connectivity index (χ2v) is 7.91. The molecule has 0 amide bonds. The minimum atomic E-state index is -8.65. The van der Waals surface area contributed by atoms with Crippen molar-refractivity contribution < 1.29 is 88.9 Å². The SMILES string of the molecule is C=C(C)C(=O)OCCOC(F)=C(F)C(F)(F)C(F)(F)C(F)(F)C(F)(F)C(F)(F)C(F)(F)C(F)(F)F.C=Cc1ccccc1. The summed E-state index contributed by atoms with van der Waals surface area (Å²) in [5.74, 6) is -55.6. The van der Waals surface area contributed by atoms with Gasteiger partial charge < -0.3 is 9.47 Å². The number of halogens is 17. The molecule has 43 heavy (non-hydrogen) atoms. The number of benzene rings is 1. The van der Waals surface area contributed by atoms with Crippen LogP contribution in [0.25, 0.3) is 6.08 Å². The monoisotopic (exact) mass is 664 g/mol. The van der Waals surface area contributed by atoms with Crippen LogP contribution in [0.1, 0.15) is 12.5 Å². The Labute approximate surface area is 230 Å². The van der Waals surface area contributed by atoms with Gasteiger partial charge in [-0.25, -0.2) is 4.79 Å². The van der Waals surface area contributed by atoms with E-state index in [9.17, 15) is 79.4 Å². The minimum Gasteiger partial charge on any atom is -0.465 e. The van der Waals surface area contributed by atoms with Crippen LogP contribution in [0.2, 0.25) is 0 Å². The highest BCUT2D eigenvalue weighted by molar-refractivity contribution is 5.86. The van der Waals surface area contributed by atoms with Gasteiger partial charge in [-0.2, -0.15) is 74.6 Å². The lowest BCUT2D eigenvalue weighted by atomic mass is 9.91. The Hall–Kier alpha value is -3.48. The first-order chi connectivity index (χ1) is 19.1. The molecule has 1 aromatic rings. The molecule has 0 fully saturated rings. The maximum atomic E-state index is 13.5. The van der Waals surface area contributed by atoms with Crippen molar-refractivity contribution in [3.05, 3.63) is 66.5 Å². The number of esters is 1. The maximum Gasteiger partial charge on any atom is 0.460 e. The van der Waals surface area contributed by atoms with E-state index >= 15 is 0 Å². The Morgan fingerprint density at radius 1 is 0.698 bits per heavy atom. The quantitative estimate of drug-likeness (QED) is 0.0737. The second-order valence-electron chi connectivity index (χ2n) is 7.91. The molecule has 0 aliphatic heterocycles. The highest BCUT2D eigenvalue weighted by atomic mass is 19.4. The van der Waals surface area contributed by atoms with E-state index in [0.29, 0.717) is 0 Å². The first-order valence-electron chi connectivity index (χ1n) is 10.6. The molecule has 0 spiro atoms. The molecule has 0 atom stereocenters. The summed E-state index contributed by atoms with van der Waals surface area (Å²) in [6, 6.07) is 6.44. The van der Waals surface area contributed by atoms with Gasteiger partial charge in [0.05, 0.1) is 0 Å². The van der Waals surface area contributed by atoms with E-state index in [1.807, 2.05) is 36.4 Å². The standard InChI is InChI=1S/C15H9F17O3.C8H8/c1-5(2)8(33)35-4-3-34-7(17)6(16)9(18,19)10(20,21)11(22,23)12(24,25)13(26,27)14(28,29)15(30,31)32;1-2-8-6-4-3-5-7-8/h1,3-4H2,2H3;2-7H,1H2. The number of hydrogen-bond donors (Lipinski definition) is 0. The van der Waals surface area contributed by atoms with Crippen molar-refractivity contribution in [2.75, 3.05) is 13.2 Å². The highest BCUT2D eigenvalue weighted by Gasteiger charge is 2.93. The molecule has 0 aliphatic carbocycles. The van der Waals surface area contributed by atoms with E-state index in [0.717, 1.165) is 6.92 Å². The molecule has 0 radical (unpaired) electrons. The van der Waals surface area contributed by atoms with Crippen molar-refractivity contribution in [2.24, 2.45) is 0 Å². The van der Waals surface area contributed by atoms with Crippen LogP contribution in [0.4, 0.5) is 74.6 Å². The van der Waals surface area contributed by atoms with Crippen LogP contribution >= 0.6 is 0 Å². The summed E-state index contributed by atoms with van der Waals surface area (Å²) in [7, 11) is 0. The van der Waals surface area contributed by atoms with E-state index in [-0.39, 0.29) is 5.57 Å². The average molecular weight is 664 g/mol. The molecule has 0 N–H and O–H groups in total. The van der Waals surface area contributed by atoms with Crippen LogP contribution in [0.3, 0.4) is 0 Å². The topological polar surface area (TPSA) is 35.5 Å². The van der Waals surface area contributed by atoms with Gasteiger partial charge in [0, 0.05) is 5.57 Å². The molecule has 0 aromatic heterocycles. The first-order valence-corrected chi connectivity index (χ1v) is 10.6. The van der Waals surface area contributed by atoms with Crippen molar-refractivity contribution in [2.45, 2.75) is 48.6 Å². The fraction of sp³-hybridized carbons (Fsp3) is 0.435. The van der Waals surface area contributed by atoms with E-state index < -0.39 is 72.7 Å². The summed E-state index contributed by atoms with van der Waals surface area (Å²) < 4.78 is 228. The van der Waals surface area contributed by atoms with Crippen molar-refractivity contribution in [3.63, 3.8) is 0 Å². The Kier molecular flexibility index (Phi) is 12.4. The van der Waals surface area contributed by atoms with Crippen molar-refractivity contribution in [3.8, 4) is 0 Å². The lowest BCUT2D eigenvalue weighted by molar-refractivity contribution is -0.451. The third-order valence-electron chi connectivity index (χ3n) is 4.70. The Balaban J connectivity index is 0.00000188. The number of ether oxygens (including phenoxy) is 2. The zero-order valence-electron chi connectivity index (χ0n) is 20.9. The summed E-state index contributed by atoms with van der Waals surface area (Å²) in [6.45, 7) is 4.96. The van der Waals surface area contributed by atoms with Crippen molar-refractivity contribution in [1.82, 2.24) is 0 Å². The highest BCUT2D eigenvalue weighted by Crippen LogP contribution is 2.63. The van der Waals surface area contributed by atoms with Gasteiger partial charge in [-0.3, -0.25) is 0 Å². The number of allylic oxidation sites excluding steroid dienone is 1. The van der Waals surface area contributed by atoms with Gasteiger partial charge in [0.15, 0.2) is 0 Å². The summed E-state index contributed by atoms with van der Waals surface area (Å²) in [4.78, 5) is 10.9. The summed E-state index contributed by atoms with van der Waals surface area (Å²) in [6.07, 6.45) is -5.97. The Morgan fingerprint density at radius 3 is 1.47 bits per heavy atom. The second kappa shape index (κ2) is 13.4. The molecular weight excluding hydrogens is 647 g/mol. The number of alkyl halides is 15. The summed E-state index contributed by atoms with van der Waals surface area (Å²) in [5, 5.41) is 0. The minimum absolute atomic E-state index is 0.325. The predicted molar refractivity (Wildman–Crippen MR) is 113 cm³/mol. The van der Waals surface area contributed by atoms with Gasteiger partial charge in [-0.15, -0.1) is 0 Å².